The molecule has 1 heterocycles. The van der Waals surface area contributed by atoms with E-state index in [9.17, 15) is 0 Å². The quantitative estimate of drug-likeness (QED) is 0.623. The van der Waals surface area contributed by atoms with Crippen molar-refractivity contribution in [3.63, 3.8) is 0 Å². The van der Waals surface area contributed by atoms with E-state index in [1.807, 2.05) is 12.1 Å². The van der Waals surface area contributed by atoms with Crippen LogP contribution in [0.15, 0.2) is 27.8 Å². The summed E-state index contributed by atoms with van der Waals surface area (Å²) in [6.07, 6.45) is 8.56. The molecule has 1 fully saturated rings. The Morgan fingerprint density at radius 2 is 2.14 bits per heavy atom. The summed E-state index contributed by atoms with van der Waals surface area (Å²) < 4.78 is 5.30. The van der Waals surface area contributed by atoms with Gasteiger partial charge in [-0.15, -0.1) is 0 Å². The highest BCUT2D eigenvalue weighted by atomic mass is 16.3. The number of likely N-dealkylation sites (N-methyl/N-ethyl adjacent to an activating group) is 1. The largest absolute Gasteiger partial charge is 0.467 e. The van der Waals surface area contributed by atoms with Crippen LogP contribution in [0, 0.1) is 0 Å². The first kappa shape index (κ1) is 15.9. The van der Waals surface area contributed by atoms with Gasteiger partial charge in [0.05, 0.1) is 12.8 Å². The molecule has 2 rings (SSSR count). The summed E-state index contributed by atoms with van der Waals surface area (Å²) in [5.74, 6) is 1.74. The SMILES string of the molecule is CN=C(NCCN(C)C1CCCCC1)NCc1ccco1. The van der Waals surface area contributed by atoms with Gasteiger partial charge in [0.25, 0.3) is 0 Å². The van der Waals surface area contributed by atoms with Gasteiger partial charge in [0.2, 0.25) is 0 Å². The number of guanidine groups is 1. The van der Waals surface area contributed by atoms with Crippen molar-refractivity contribution in [1.82, 2.24) is 15.5 Å². The second-order valence-corrected chi connectivity index (χ2v) is 5.70. The molecule has 118 valence electrons. The first-order valence-corrected chi connectivity index (χ1v) is 7.96. The van der Waals surface area contributed by atoms with Crippen molar-refractivity contribution in [2.75, 3.05) is 27.2 Å². The number of rotatable bonds is 6. The predicted octanol–water partition coefficient (Wildman–Crippen LogP) is 2.21. The Morgan fingerprint density at radius 1 is 1.33 bits per heavy atom. The van der Waals surface area contributed by atoms with Crippen LogP contribution in [0.5, 0.6) is 0 Å². The Morgan fingerprint density at radius 3 is 2.81 bits per heavy atom. The fourth-order valence-electron chi connectivity index (χ4n) is 2.86. The van der Waals surface area contributed by atoms with E-state index in [0.717, 1.165) is 30.9 Å². The van der Waals surface area contributed by atoms with Crippen molar-refractivity contribution < 1.29 is 4.42 Å². The average Bonchev–Trinajstić information content (AvgIpc) is 3.04. The Kier molecular flexibility index (Phi) is 6.60. The van der Waals surface area contributed by atoms with Crippen LogP contribution in [0.4, 0.5) is 0 Å². The van der Waals surface area contributed by atoms with Gasteiger partial charge in [0.1, 0.15) is 5.76 Å². The first-order valence-electron chi connectivity index (χ1n) is 7.96. The van der Waals surface area contributed by atoms with Gasteiger partial charge in [-0.3, -0.25) is 4.99 Å². The topological polar surface area (TPSA) is 52.8 Å². The van der Waals surface area contributed by atoms with Crippen LogP contribution in [-0.4, -0.2) is 44.1 Å². The number of nitrogens with one attached hydrogen (secondary N) is 2. The van der Waals surface area contributed by atoms with Crippen molar-refractivity contribution >= 4 is 5.96 Å². The lowest BCUT2D eigenvalue weighted by Gasteiger charge is -2.31. The molecule has 0 atom stereocenters. The van der Waals surface area contributed by atoms with Crippen molar-refractivity contribution in [3.8, 4) is 0 Å². The molecular formula is C16H28N4O. The first-order chi connectivity index (χ1) is 10.3. The second-order valence-electron chi connectivity index (χ2n) is 5.70. The van der Waals surface area contributed by atoms with Crippen LogP contribution < -0.4 is 10.6 Å². The molecule has 5 nitrogen and oxygen atoms in total. The van der Waals surface area contributed by atoms with Gasteiger partial charge in [-0.2, -0.15) is 0 Å². The molecule has 0 aromatic carbocycles. The molecule has 1 aromatic rings. The van der Waals surface area contributed by atoms with Crippen molar-refractivity contribution in [2.45, 2.75) is 44.7 Å². The minimum Gasteiger partial charge on any atom is -0.467 e. The number of hydrogen-bond acceptors (Lipinski definition) is 3. The summed E-state index contributed by atoms with van der Waals surface area (Å²) in [4.78, 5) is 6.71. The monoisotopic (exact) mass is 292 g/mol. The van der Waals surface area contributed by atoms with E-state index in [2.05, 4.69) is 27.6 Å². The number of aliphatic imine (C=N–C) groups is 1. The van der Waals surface area contributed by atoms with E-state index in [4.69, 9.17) is 4.42 Å². The van der Waals surface area contributed by atoms with Gasteiger partial charge < -0.3 is 20.0 Å². The normalized spacial score (nSPS) is 17.2. The van der Waals surface area contributed by atoms with Gasteiger partial charge >= 0.3 is 0 Å². The fraction of sp³-hybridized carbons (Fsp3) is 0.688. The van der Waals surface area contributed by atoms with Crippen LogP contribution in [0.2, 0.25) is 0 Å². The minimum atomic E-state index is 0.658. The summed E-state index contributed by atoms with van der Waals surface area (Å²) in [5.41, 5.74) is 0. The lowest BCUT2D eigenvalue weighted by molar-refractivity contribution is 0.194. The Labute approximate surface area is 127 Å². The summed E-state index contributed by atoms with van der Waals surface area (Å²) in [7, 11) is 4.03. The number of nitrogens with zero attached hydrogens (tertiary/aromatic N) is 2. The number of furan rings is 1. The molecule has 0 saturated heterocycles. The standard InChI is InChI=1S/C16H28N4O/c1-17-16(19-13-15-9-6-12-21-15)18-10-11-20(2)14-7-4-3-5-8-14/h6,9,12,14H,3-5,7-8,10-11,13H2,1-2H3,(H2,17,18,19). The molecule has 1 aliphatic carbocycles. The van der Waals surface area contributed by atoms with Gasteiger partial charge in [-0.1, -0.05) is 19.3 Å². The zero-order valence-corrected chi connectivity index (χ0v) is 13.3. The van der Waals surface area contributed by atoms with E-state index in [0.29, 0.717) is 6.54 Å². The summed E-state index contributed by atoms with van der Waals surface area (Å²) in [5, 5.41) is 6.61. The lowest BCUT2D eigenvalue weighted by Crippen LogP contribution is -2.43. The Bertz CT molecular complexity index is 410. The van der Waals surface area contributed by atoms with Crippen LogP contribution in [0.3, 0.4) is 0 Å². The molecule has 0 amide bonds. The molecule has 0 radical (unpaired) electrons. The van der Waals surface area contributed by atoms with Crippen LogP contribution in [0.1, 0.15) is 37.9 Å². The van der Waals surface area contributed by atoms with Crippen LogP contribution in [0.25, 0.3) is 0 Å². The predicted molar refractivity (Wildman–Crippen MR) is 86.4 cm³/mol. The third-order valence-electron chi connectivity index (χ3n) is 4.19. The second kappa shape index (κ2) is 8.72. The summed E-state index contributed by atoms with van der Waals surface area (Å²) in [6, 6.07) is 4.61. The fourth-order valence-corrected chi connectivity index (χ4v) is 2.86. The molecule has 2 N–H and O–H groups in total. The molecule has 0 aliphatic heterocycles. The van der Waals surface area contributed by atoms with Crippen LogP contribution >= 0.6 is 0 Å². The highest BCUT2D eigenvalue weighted by Gasteiger charge is 2.17. The third-order valence-corrected chi connectivity index (χ3v) is 4.19. The molecule has 5 heteroatoms. The van der Waals surface area contributed by atoms with Crippen molar-refractivity contribution in [3.05, 3.63) is 24.2 Å². The molecule has 1 aromatic heterocycles. The molecule has 1 aliphatic rings. The maximum Gasteiger partial charge on any atom is 0.191 e. The molecule has 1 saturated carbocycles. The van der Waals surface area contributed by atoms with Crippen molar-refractivity contribution in [2.24, 2.45) is 4.99 Å². The van der Waals surface area contributed by atoms with Gasteiger partial charge in [-0.25, -0.2) is 0 Å². The van der Waals surface area contributed by atoms with Gasteiger partial charge in [-0.05, 0) is 32.0 Å². The number of hydrogen-bond donors (Lipinski definition) is 2. The smallest absolute Gasteiger partial charge is 0.191 e. The Balaban J connectivity index is 1.63. The van der Waals surface area contributed by atoms with E-state index >= 15 is 0 Å². The highest BCUT2D eigenvalue weighted by Crippen LogP contribution is 2.21. The van der Waals surface area contributed by atoms with Crippen LogP contribution in [-0.2, 0) is 6.54 Å². The van der Waals surface area contributed by atoms with Gasteiger partial charge in [0.15, 0.2) is 5.96 Å². The molecule has 0 spiro atoms. The average molecular weight is 292 g/mol. The zero-order chi connectivity index (χ0) is 14.9. The van der Waals surface area contributed by atoms with E-state index in [-0.39, 0.29) is 0 Å². The summed E-state index contributed by atoms with van der Waals surface area (Å²) >= 11 is 0. The maximum atomic E-state index is 5.30. The third kappa shape index (κ3) is 5.42. The van der Waals surface area contributed by atoms with E-state index in [1.54, 1.807) is 13.3 Å². The van der Waals surface area contributed by atoms with Crippen molar-refractivity contribution in [1.29, 1.82) is 0 Å². The van der Waals surface area contributed by atoms with Gasteiger partial charge in [0, 0.05) is 26.2 Å². The zero-order valence-electron chi connectivity index (χ0n) is 13.3. The van der Waals surface area contributed by atoms with E-state index in [1.165, 1.54) is 32.1 Å². The molecular weight excluding hydrogens is 264 g/mol. The highest BCUT2D eigenvalue weighted by molar-refractivity contribution is 5.79. The molecule has 21 heavy (non-hydrogen) atoms. The minimum absolute atomic E-state index is 0.658. The summed E-state index contributed by atoms with van der Waals surface area (Å²) in [6.45, 7) is 2.61. The Hall–Kier alpha value is -1.49. The molecule has 0 bridgehead atoms. The lowest BCUT2D eigenvalue weighted by atomic mass is 9.94. The van der Waals surface area contributed by atoms with E-state index < -0.39 is 0 Å². The maximum absolute atomic E-state index is 5.30. The molecule has 0 unspecified atom stereocenters.